The molecule has 1 heterocycles. The Balaban J connectivity index is 1.30. The van der Waals surface area contributed by atoms with E-state index in [0.29, 0.717) is 24.7 Å². The molecule has 0 atom stereocenters. The Hall–Kier alpha value is -2.88. The molecule has 0 saturated carbocycles. The van der Waals surface area contributed by atoms with E-state index in [0.717, 1.165) is 56.3 Å². The van der Waals surface area contributed by atoms with E-state index in [1.165, 1.54) is 23.1 Å². The fourth-order valence-electron chi connectivity index (χ4n) is 5.82. The molecule has 0 bridgehead atoms. The van der Waals surface area contributed by atoms with Crippen LogP contribution >= 0.6 is 11.6 Å². The maximum Gasteiger partial charge on any atom is 0.303 e. The molecule has 0 radical (unpaired) electrons. The minimum atomic E-state index is -3.78. The minimum absolute atomic E-state index is 0.00941. The van der Waals surface area contributed by atoms with Crippen molar-refractivity contribution in [2.45, 2.75) is 58.8 Å². The number of carbonyl (C=O) groups is 2. The quantitative estimate of drug-likeness (QED) is 0.289. The maximum atomic E-state index is 12.6. The van der Waals surface area contributed by atoms with E-state index < -0.39 is 21.9 Å². The maximum absolute atomic E-state index is 12.6. The zero-order chi connectivity index (χ0) is 30.3. The number of rotatable bonds is 12. The number of halogens is 1. The number of carboxylic acids is 1. The Kier molecular flexibility index (Phi) is 10.7. The molecular formula is C32H42ClN3O5S. The van der Waals surface area contributed by atoms with Crippen LogP contribution in [-0.2, 0) is 14.8 Å². The van der Waals surface area contributed by atoms with Crippen LogP contribution in [0.4, 0.5) is 5.69 Å². The van der Waals surface area contributed by atoms with Crippen molar-refractivity contribution in [2.75, 3.05) is 43.4 Å². The van der Waals surface area contributed by atoms with Gasteiger partial charge in [0.15, 0.2) is 0 Å². The van der Waals surface area contributed by atoms with Crippen LogP contribution in [-0.4, -0.2) is 68.8 Å². The van der Waals surface area contributed by atoms with E-state index in [9.17, 15) is 18.0 Å². The zero-order valence-corrected chi connectivity index (χ0v) is 26.1. The van der Waals surface area contributed by atoms with E-state index in [4.69, 9.17) is 16.7 Å². The third-order valence-electron chi connectivity index (χ3n) is 8.20. The molecule has 10 heteroatoms. The van der Waals surface area contributed by atoms with Crippen LogP contribution < -0.4 is 9.62 Å². The molecule has 1 amide bonds. The molecule has 1 fully saturated rings. The van der Waals surface area contributed by atoms with Gasteiger partial charge in [0, 0.05) is 55.4 Å². The van der Waals surface area contributed by atoms with Crippen molar-refractivity contribution in [1.82, 2.24) is 9.62 Å². The van der Waals surface area contributed by atoms with Crippen LogP contribution in [0.3, 0.4) is 0 Å². The SMILES string of the molecule is CC1(C)CCC(c2ccc(Cl)cc2)=C(CN2CCN(c3ccc(C(=O)NS(=O)(=O)CCCCCC(=O)O)cc3)CC2)C1. The highest BCUT2D eigenvalue weighted by atomic mass is 35.5. The summed E-state index contributed by atoms with van der Waals surface area (Å²) in [6, 6.07) is 15.3. The van der Waals surface area contributed by atoms with Gasteiger partial charge in [-0.3, -0.25) is 14.5 Å². The largest absolute Gasteiger partial charge is 0.481 e. The summed E-state index contributed by atoms with van der Waals surface area (Å²) in [5.41, 5.74) is 5.84. The Labute approximate surface area is 254 Å². The molecule has 2 aromatic carbocycles. The van der Waals surface area contributed by atoms with Crippen molar-refractivity contribution in [3.63, 3.8) is 0 Å². The van der Waals surface area contributed by atoms with Gasteiger partial charge in [-0.2, -0.15) is 0 Å². The van der Waals surface area contributed by atoms with Crippen LogP contribution in [0.5, 0.6) is 0 Å². The van der Waals surface area contributed by atoms with Crippen LogP contribution in [0, 0.1) is 5.41 Å². The van der Waals surface area contributed by atoms with Gasteiger partial charge in [-0.25, -0.2) is 13.1 Å². The highest BCUT2D eigenvalue weighted by molar-refractivity contribution is 7.90. The molecule has 1 saturated heterocycles. The number of anilines is 1. The second kappa shape index (κ2) is 14.1. The normalized spacial score (nSPS) is 17.7. The van der Waals surface area contributed by atoms with Crippen molar-refractivity contribution in [2.24, 2.45) is 5.41 Å². The number of nitrogens with zero attached hydrogens (tertiary/aromatic N) is 2. The molecule has 228 valence electrons. The van der Waals surface area contributed by atoms with Gasteiger partial charge in [-0.05, 0) is 85.1 Å². The lowest BCUT2D eigenvalue weighted by atomic mass is 9.73. The topological polar surface area (TPSA) is 107 Å². The van der Waals surface area contributed by atoms with Crippen molar-refractivity contribution < 1.29 is 23.1 Å². The summed E-state index contributed by atoms with van der Waals surface area (Å²) >= 11 is 6.15. The highest BCUT2D eigenvalue weighted by Crippen LogP contribution is 2.42. The van der Waals surface area contributed by atoms with Crippen molar-refractivity contribution in [3.05, 3.63) is 70.3 Å². The number of aliphatic carboxylic acids is 1. The van der Waals surface area contributed by atoms with E-state index >= 15 is 0 Å². The fourth-order valence-corrected chi connectivity index (χ4v) is 7.03. The minimum Gasteiger partial charge on any atom is -0.481 e. The van der Waals surface area contributed by atoms with Gasteiger partial charge >= 0.3 is 5.97 Å². The summed E-state index contributed by atoms with van der Waals surface area (Å²) in [4.78, 5) is 27.9. The molecule has 0 aromatic heterocycles. The number of amides is 1. The van der Waals surface area contributed by atoms with Gasteiger partial charge in [0.25, 0.3) is 5.91 Å². The number of carboxylic acid groups (broad SMARTS) is 1. The summed E-state index contributed by atoms with van der Waals surface area (Å²) in [6.07, 6.45) is 4.55. The number of unbranched alkanes of at least 4 members (excludes halogenated alkanes) is 2. The summed E-state index contributed by atoms with van der Waals surface area (Å²) < 4.78 is 26.7. The number of nitrogens with one attached hydrogen (secondary N) is 1. The van der Waals surface area contributed by atoms with Gasteiger partial charge in [-0.1, -0.05) is 49.6 Å². The predicted molar refractivity (Wildman–Crippen MR) is 168 cm³/mol. The van der Waals surface area contributed by atoms with Crippen molar-refractivity contribution in [3.8, 4) is 0 Å². The molecule has 4 rings (SSSR count). The number of carbonyl (C=O) groups excluding carboxylic acids is 1. The predicted octanol–water partition coefficient (Wildman–Crippen LogP) is 5.83. The van der Waals surface area contributed by atoms with E-state index in [1.807, 2.05) is 24.3 Å². The zero-order valence-electron chi connectivity index (χ0n) is 24.6. The van der Waals surface area contributed by atoms with Crippen LogP contribution in [0.2, 0.25) is 5.02 Å². The monoisotopic (exact) mass is 615 g/mol. The first-order valence-corrected chi connectivity index (χ1v) is 16.7. The Bertz CT molecular complexity index is 1380. The molecule has 2 aromatic rings. The second-order valence-corrected chi connectivity index (χ2v) is 14.5. The number of hydrogen-bond acceptors (Lipinski definition) is 6. The first-order valence-electron chi connectivity index (χ1n) is 14.7. The Morgan fingerprint density at radius 1 is 0.952 bits per heavy atom. The lowest BCUT2D eigenvalue weighted by Crippen LogP contribution is -2.47. The first kappa shape index (κ1) is 32.0. The third kappa shape index (κ3) is 9.31. The molecule has 42 heavy (non-hydrogen) atoms. The van der Waals surface area contributed by atoms with E-state index in [2.05, 4.69) is 40.5 Å². The Morgan fingerprint density at radius 3 is 2.26 bits per heavy atom. The van der Waals surface area contributed by atoms with Gasteiger partial charge in [-0.15, -0.1) is 0 Å². The summed E-state index contributed by atoms with van der Waals surface area (Å²) in [6.45, 7) is 9.28. The average molecular weight is 616 g/mol. The fraction of sp³-hybridized carbons (Fsp3) is 0.500. The van der Waals surface area contributed by atoms with Crippen molar-refractivity contribution >= 4 is 44.8 Å². The van der Waals surface area contributed by atoms with E-state index in [1.54, 1.807) is 12.1 Å². The number of piperazine rings is 1. The molecule has 8 nitrogen and oxygen atoms in total. The molecule has 1 aliphatic heterocycles. The molecule has 1 aliphatic carbocycles. The lowest BCUT2D eigenvalue weighted by Gasteiger charge is -2.39. The third-order valence-corrected chi connectivity index (χ3v) is 9.77. The molecule has 0 spiro atoms. The molecule has 2 N–H and O–H groups in total. The molecule has 2 aliphatic rings. The Morgan fingerprint density at radius 2 is 1.62 bits per heavy atom. The lowest BCUT2D eigenvalue weighted by molar-refractivity contribution is -0.137. The van der Waals surface area contributed by atoms with Crippen LogP contribution in [0.25, 0.3) is 5.57 Å². The summed E-state index contributed by atoms with van der Waals surface area (Å²) in [5, 5.41) is 9.43. The molecular weight excluding hydrogens is 574 g/mol. The van der Waals surface area contributed by atoms with Crippen molar-refractivity contribution in [1.29, 1.82) is 0 Å². The van der Waals surface area contributed by atoms with Gasteiger partial charge in [0.2, 0.25) is 10.0 Å². The second-order valence-electron chi connectivity index (χ2n) is 12.2. The van der Waals surface area contributed by atoms with Crippen LogP contribution in [0.15, 0.2) is 54.1 Å². The highest BCUT2D eigenvalue weighted by Gasteiger charge is 2.29. The van der Waals surface area contributed by atoms with Gasteiger partial charge in [0.1, 0.15) is 0 Å². The summed E-state index contributed by atoms with van der Waals surface area (Å²) in [7, 11) is -3.78. The van der Waals surface area contributed by atoms with Crippen LogP contribution in [0.1, 0.15) is 74.7 Å². The van der Waals surface area contributed by atoms with Gasteiger partial charge in [0.05, 0.1) is 5.75 Å². The van der Waals surface area contributed by atoms with Gasteiger partial charge < -0.3 is 10.0 Å². The number of allylic oxidation sites excluding steroid dienone is 1. The number of hydrogen-bond donors (Lipinski definition) is 2. The standard InChI is InChI=1S/C32H42ClN3O5S/c1-32(2)16-15-29(24-7-11-27(33)12-8-24)26(22-32)23-35-17-19-36(20-18-35)28-13-9-25(10-14-28)31(39)34-42(40,41)21-5-3-4-6-30(37)38/h7-14H,3-6,15-23H2,1-2H3,(H,34,39)(H,37,38). The first-order chi connectivity index (χ1) is 19.9. The smallest absolute Gasteiger partial charge is 0.303 e. The average Bonchev–Trinajstić information content (AvgIpc) is 2.93. The van der Waals surface area contributed by atoms with E-state index in [-0.39, 0.29) is 17.7 Å². The number of benzene rings is 2. The molecule has 0 unspecified atom stereocenters. The number of sulfonamides is 1. The summed E-state index contributed by atoms with van der Waals surface area (Å²) in [5.74, 6) is -1.77.